The third-order valence-electron chi connectivity index (χ3n) is 2.28. The first-order valence-electron chi connectivity index (χ1n) is 4.44. The van der Waals surface area contributed by atoms with Crippen LogP contribution in [0.5, 0.6) is 0 Å². The van der Waals surface area contributed by atoms with Gasteiger partial charge in [-0.25, -0.2) is 0 Å². The zero-order valence-corrected chi connectivity index (χ0v) is 9.13. The fourth-order valence-electron chi connectivity index (χ4n) is 1.64. The lowest BCUT2D eigenvalue weighted by atomic mass is 10.1. The molecule has 2 nitrogen and oxygen atoms in total. The summed E-state index contributed by atoms with van der Waals surface area (Å²) < 4.78 is 0.623. The van der Waals surface area contributed by atoms with Gasteiger partial charge >= 0.3 is 0 Å². The Balaban J connectivity index is 2.30. The van der Waals surface area contributed by atoms with Crippen LogP contribution in [0.3, 0.4) is 0 Å². The Morgan fingerprint density at radius 2 is 2.50 bits per heavy atom. The second kappa shape index (κ2) is 5.04. The van der Waals surface area contributed by atoms with Crippen molar-refractivity contribution in [3.8, 4) is 0 Å². The molecule has 1 unspecified atom stereocenters. The highest BCUT2D eigenvalue weighted by molar-refractivity contribution is 8.11. The molecule has 12 heavy (non-hydrogen) atoms. The van der Waals surface area contributed by atoms with E-state index in [2.05, 4.69) is 29.8 Å². The lowest BCUT2D eigenvalue weighted by Gasteiger charge is -2.32. The third-order valence-corrected chi connectivity index (χ3v) is 2.53. The molecule has 1 atom stereocenters. The number of likely N-dealkylation sites (tertiary alicyclic amines) is 1. The second-order valence-corrected chi connectivity index (χ2v) is 4.34. The van der Waals surface area contributed by atoms with Crippen LogP contribution in [0.4, 0.5) is 0 Å². The van der Waals surface area contributed by atoms with Crippen LogP contribution in [0.25, 0.3) is 0 Å². The molecule has 1 fully saturated rings. The van der Waals surface area contributed by atoms with E-state index in [-0.39, 0.29) is 0 Å². The van der Waals surface area contributed by atoms with Crippen molar-refractivity contribution in [2.75, 3.05) is 19.6 Å². The van der Waals surface area contributed by atoms with E-state index in [0.717, 1.165) is 13.1 Å². The maximum atomic E-state index is 4.89. The van der Waals surface area contributed by atoms with Crippen molar-refractivity contribution in [2.24, 2.45) is 0 Å². The van der Waals surface area contributed by atoms with Gasteiger partial charge in [0.1, 0.15) is 4.32 Å². The smallest absolute Gasteiger partial charge is 0.130 e. The number of nitrogens with zero attached hydrogens (tertiary/aromatic N) is 1. The molecule has 0 aromatic heterocycles. The highest BCUT2D eigenvalue weighted by atomic mass is 32.1. The van der Waals surface area contributed by atoms with Crippen molar-refractivity contribution in [1.29, 1.82) is 0 Å². The largest absolute Gasteiger partial charge is 0.367 e. The summed E-state index contributed by atoms with van der Waals surface area (Å²) in [6.07, 6.45) is 2.49. The molecule has 0 saturated carbocycles. The van der Waals surface area contributed by atoms with Crippen molar-refractivity contribution < 1.29 is 0 Å². The molecule has 0 bridgehead atoms. The summed E-state index contributed by atoms with van der Waals surface area (Å²) in [5.74, 6) is 0. The summed E-state index contributed by atoms with van der Waals surface area (Å²) in [5, 5.41) is 3.20. The van der Waals surface area contributed by atoms with E-state index in [1.165, 1.54) is 19.4 Å². The molecule has 1 rings (SSSR count). The molecule has 1 heterocycles. The first-order valence-corrected chi connectivity index (χ1v) is 5.29. The standard InChI is InChI=1S/C8H16N2S2/c1-2-10-5-3-4-7(6-10)9-8(11)12/h7H,2-6H2,1H3,(H2,9,11,12). The normalized spacial score (nSPS) is 25.3. The van der Waals surface area contributed by atoms with Crippen LogP contribution in [0.15, 0.2) is 0 Å². The van der Waals surface area contributed by atoms with Crippen LogP contribution in [-0.2, 0) is 0 Å². The van der Waals surface area contributed by atoms with E-state index in [1.807, 2.05) is 0 Å². The number of rotatable bonds is 2. The lowest BCUT2D eigenvalue weighted by Crippen LogP contribution is -2.46. The number of nitrogens with one attached hydrogen (secondary N) is 1. The average molecular weight is 204 g/mol. The fourth-order valence-corrected chi connectivity index (χ4v) is 1.98. The van der Waals surface area contributed by atoms with E-state index < -0.39 is 0 Å². The van der Waals surface area contributed by atoms with Crippen molar-refractivity contribution in [1.82, 2.24) is 10.2 Å². The van der Waals surface area contributed by atoms with Crippen molar-refractivity contribution in [3.63, 3.8) is 0 Å². The maximum Gasteiger partial charge on any atom is 0.130 e. The molecule has 0 aromatic carbocycles. The van der Waals surface area contributed by atoms with Crippen LogP contribution in [0.2, 0.25) is 0 Å². The molecule has 0 amide bonds. The lowest BCUT2D eigenvalue weighted by molar-refractivity contribution is 0.211. The summed E-state index contributed by atoms with van der Waals surface area (Å²) in [4.78, 5) is 2.44. The highest BCUT2D eigenvalue weighted by Gasteiger charge is 2.17. The molecule has 70 valence electrons. The quantitative estimate of drug-likeness (QED) is 0.521. The number of thiocarbonyl (C=S) groups is 1. The topological polar surface area (TPSA) is 15.3 Å². The van der Waals surface area contributed by atoms with Crippen LogP contribution < -0.4 is 5.32 Å². The van der Waals surface area contributed by atoms with Gasteiger partial charge in [-0.3, -0.25) is 0 Å². The minimum absolute atomic E-state index is 0.517. The molecular formula is C8H16N2S2. The van der Waals surface area contributed by atoms with Crippen LogP contribution >= 0.6 is 24.8 Å². The number of piperidine rings is 1. The van der Waals surface area contributed by atoms with E-state index in [1.54, 1.807) is 0 Å². The van der Waals surface area contributed by atoms with Gasteiger partial charge in [-0.1, -0.05) is 19.1 Å². The summed E-state index contributed by atoms with van der Waals surface area (Å²) >= 11 is 8.95. The van der Waals surface area contributed by atoms with Crippen LogP contribution in [0, 0.1) is 0 Å². The molecular weight excluding hydrogens is 188 g/mol. The first kappa shape index (κ1) is 10.3. The summed E-state index contributed by atoms with van der Waals surface area (Å²) in [6.45, 7) is 5.67. The Morgan fingerprint density at radius 3 is 3.08 bits per heavy atom. The SMILES string of the molecule is CCN1CCCC(NC(=S)S)C1. The van der Waals surface area contributed by atoms with Gasteiger partial charge in [0.15, 0.2) is 0 Å². The molecule has 0 radical (unpaired) electrons. The zero-order chi connectivity index (χ0) is 8.97. The zero-order valence-electron chi connectivity index (χ0n) is 7.42. The van der Waals surface area contributed by atoms with Crippen LogP contribution in [0.1, 0.15) is 19.8 Å². The van der Waals surface area contributed by atoms with Crippen molar-refractivity contribution >= 4 is 29.2 Å². The predicted octanol–water partition coefficient (Wildman–Crippen LogP) is 1.27. The highest BCUT2D eigenvalue weighted by Crippen LogP contribution is 2.09. The van der Waals surface area contributed by atoms with Gasteiger partial charge in [0.05, 0.1) is 0 Å². The summed E-state index contributed by atoms with van der Waals surface area (Å²) in [7, 11) is 0. The second-order valence-electron chi connectivity index (χ2n) is 3.18. The van der Waals surface area contributed by atoms with Gasteiger partial charge < -0.3 is 10.2 Å². The van der Waals surface area contributed by atoms with Gasteiger partial charge in [-0.2, -0.15) is 0 Å². The number of thiol groups is 1. The molecule has 1 aliphatic heterocycles. The monoisotopic (exact) mass is 204 g/mol. The van der Waals surface area contributed by atoms with Gasteiger partial charge in [-0.05, 0) is 25.9 Å². The van der Waals surface area contributed by atoms with E-state index in [9.17, 15) is 0 Å². The Kier molecular flexibility index (Phi) is 4.32. The van der Waals surface area contributed by atoms with Crippen molar-refractivity contribution in [3.05, 3.63) is 0 Å². The molecule has 0 aromatic rings. The minimum atomic E-state index is 0.517. The van der Waals surface area contributed by atoms with E-state index >= 15 is 0 Å². The first-order chi connectivity index (χ1) is 5.72. The van der Waals surface area contributed by atoms with E-state index in [0.29, 0.717) is 10.4 Å². The molecule has 1 aliphatic rings. The summed E-state index contributed by atoms with van der Waals surface area (Å²) in [6, 6.07) is 0.517. The third kappa shape index (κ3) is 3.29. The van der Waals surface area contributed by atoms with Gasteiger partial charge in [-0.15, -0.1) is 12.6 Å². The molecule has 1 N–H and O–H groups in total. The van der Waals surface area contributed by atoms with Gasteiger partial charge in [0, 0.05) is 12.6 Å². The number of likely N-dealkylation sites (N-methyl/N-ethyl adjacent to an activating group) is 1. The Morgan fingerprint density at radius 1 is 1.75 bits per heavy atom. The van der Waals surface area contributed by atoms with Crippen molar-refractivity contribution in [2.45, 2.75) is 25.8 Å². The number of hydrogen-bond donors (Lipinski definition) is 2. The molecule has 4 heteroatoms. The molecule has 0 spiro atoms. The maximum absolute atomic E-state index is 4.89. The fraction of sp³-hybridized carbons (Fsp3) is 0.875. The average Bonchev–Trinajstić information content (AvgIpc) is 2.03. The minimum Gasteiger partial charge on any atom is -0.367 e. The van der Waals surface area contributed by atoms with Gasteiger partial charge in [0.25, 0.3) is 0 Å². The Labute approximate surface area is 85.1 Å². The van der Waals surface area contributed by atoms with E-state index in [4.69, 9.17) is 12.2 Å². The summed E-state index contributed by atoms with van der Waals surface area (Å²) in [5.41, 5.74) is 0. The molecule has 1 saturated heterocycles. The number of hydrogen-bond acceptors (Lipinski definition) is 2. The van der Waals surface area contributed by atoms with Gasteiger partial charge in [0.2, 0.25) is 0 Å². The predicted molar refractivity (Wildman–Crippen MR) is 59.9 cm³/mol. The Bertz CT molecular complexity index is 161. The van der Waals surface area contributed by atoms with Crippen LogP contribution in [-0.4, -0.2) is 34.9 Å². The molecule has 0 aliphatic carbocycles. The Hall–Kier alpha value is 0.200.